The second-order valence-corrected chi connectivity index (χ2v) is 9.89. The number of phenols is 1. The van der Waals surface area contributed by atoms with Crippen LogP contribution in [-0.2, 0) is 0 Å². The molecule has 0 bridgehead atoms. The Morgan fingerprint density at radius 2 is 1.77 bits per heavy atom. The van der Waals surface area contributed by atoms with Crippen molar-refractivity contribution in [3.63, 3.8) is 0 Å². The summed E-state index contributed by atoms with van der Waals surface area (Å²) in [6.07, 6.45) is 2.65. The Morgan fingerprint density at radius 1 is 1.03 bits per heavy atom. The maximum Gasteiger partial charge on any atom is 0.198 e. The molecule has 8 heteroatoms. The number of aromatic hydroxyl groups is 1. The van der Waals surface area contributed by atoms with Crippen LogP contribution in [0.1, 0.15) is 24.0 Å². The lowest BCUT2D eigenvalue weighted by molar-refractivity contribution is 0.345. The van der Waals surface area contributed by atoms with Gasteiger partial charge in [0.15, 0.2) is 5.96 Å². The molecule has 0 unspecified atom stereocenters. The lowest BCUT2D eigenvalue weighted by Gasteiger charge is -2.14. The van der Waals surface area contributed by atoms with E-state index in [1.807, 2.05) is 44.2 Å². The molecule has 7 N–H and O–H groups in total. The van der Waals surface area contributed by atoms with Gasteiger partial charge in [0.25, 0.3) is 0 Å². The zero-order valence-corrected chi connectivity index (χ0v) is 21.2. The van der Waals surface area contributed by atoms with Crippen LogP contribution in [0.4, 0.5) is 17.1 Å². The van der Waals surface area contributed by atoms with Gasteiger partial charge in [-0.05, 0) is 123 Å². The fourth-order valence-corrected chi connectivity index (χ4v) is 4.92. The second kappa shape index (κ2) is 11.5. The second-order valence-electron chi connectivity index (χ2n) is 8.92. The van der Waals surface area contributed by atoms with E-state index in [-0.39, 0.29) is 11.7 Å². The molecule has 0 saturated carbocycles. The van der Waals surface area contributed by atoms with Gasteiger partial charge in [-0.2, -0.15) is 0 Å². The average Bonchev–Trinajstić information content (AvgIpc) is 3.35. The zero-order chi connectivity index (χ0) is 24.8. The lowest BCUT2D eigenvalue weighted by Crippen LogP contribution is -2.27. The number of nitrogens with two attached hydrogens (primary N) is 2. The Morgan fingerprint density at radius 3 is 2.49 bits per heavy atom. The third-order valence-electron chi connectivity index (χ3n) is 6.14. The molecule has 0 amide bonds. The zero-order valence-electron chi connectivity index (χ0n) is 20.3. The normalized spacial score (nSPS) is 14.4. The number of aryl methyl sites for hydroxylation is 2. The Hall–Kier alpha value is -3.20. The summed E-state index contributed by atoms with van der Waals surface area (Å²) in [6.45, 7) is 8.46. The maximum atomic E-state index is 9.88. The summed E-state index contributed by atoms with van der Waals surface area (Å²) in [4.78, 5) is 8.18. The van der Waals surface area contributed by atoms with Crippen molar-refractivity contribution < 1.29 is 5.11 Å². The van der Waals surface area contributed by atoms with Crippen molar-refractivity contribution in [2.75, 3.05) is 37.2 Å². The van der Waals surface area contributed by atoms with Gasteiger partial charge >= 0.3 is 0 Å². The Balaban J connectivity index is 1.37. The predicted molar refractivity (Wildman–Crippen MR) is 148 cm³/mol. The first-order valence-corrected chi connectivity index (χ1v) is 12.7. The summed E-state index contributed by atoms with van der Waals surface area (Å²) in [5, 5.41) is 13.0. The van der Waals surface area contributed by atoms with E-state index in [1.54, 1.807) is 24.1 Å². The molecule has 0 spiro atoms. The van der Waals surface area contributed by atoms with Crippen LogP contribution in [0.5, 0.6) is 5.75 Å². The number of aliphatic imine (C=N–C) groups is 1. The highest BCUT2D eigenvalue weighted by Gasteiger charge is 2.11. The highest BCUT2D eigenvalue weighted by molar-refractivity contribution is 7.97. The molecule has 7 nitrogen and oxygen atoms in total. The molecule has 0 aromatic heterocycles. The van der Waals surface area contributed by atoms with Crippen LogP contribution in [0.2, 0.25) is 0 Å². The summed E-state index contributed by atoms with van der Waals surface area (Å²) in [5.74, 6) is 0.491. The van der Waals surface area contributed by atoms with Crippen molar-refractivity contribution >= 4 is 35.0 Å². The highest BCUT2D eigenvalue weighted by atomic mass is 32.2. The van der Waals surface area contributed by atoms with Gasteiger partial charge in [0.05, 0.1) is 11.4 Å². The third-order valence-corrected chi connectivity index (χ3v) is 7.00. The van der Waals surface area contributed by atoms with Crippen LogP contribution in [0.15, 0.2) is 64.5 Å². The first kappa shape index (κ1) is 24.9. The van der Waals surface area contributed by atoms with Gasteiger partial charge in [-0.3, -0.25) is 4.72 Å². The van der Waals surface area contributed by atoms with E-state index in [4.69, 9.17) is 11.5 Å². The SMILES string of the molecule is Cc1ccc(O)cc1-c1cc(C)c(N=C(N)Nc2ccc(SNCCN3CCCC3)cc2)c(N)c1. The number of phenolic OH excluding ortho intramolecular Hbond substituents is 1. The molecule has 35 heavy (non-hydrogen) atoms. The van der Waals surface area contributed by atoms with Crippen molar-refractivity contribution in [1.82, 2.24) is 9.62 Å². The van der Waals surface area contributed by atoms with Crippen LogP contribution >= 0.6 is 11.9 Å². The van der Waals surface area contributed by atoms with Crippen LogP contribution in [0.25, 0.3) is 11.1 Å². The minimum atomic E-state index is 0.222. The molecule has 3 aromatic rings. The Bertz CT molecular complexity index is 1170. The molecule has 0 atom stereocenters. The number of rotatable bonds is 8. The summed E-state index contributed by atoms with van der Waals surface area (Å²) in [5.41, 5.74) is 18.4. The van der Waals surface area contributed by atoms with Crippen molar-refractivity contribution in [2.24, 2.45) is 10.7 Å². The molecule has 1 saturated heterocycles. The van der Waals surface area contributed by atoms with E-state index >= 15 is 0 Å². The summed E-state index contributed by atoms with van der Waals surface area (Å²) in [6, 6.07) is 17.2. The topological polar surface area (TPSA) is 112 Å². The van der Waals surface area contributed by atoms with Crippen molar-refractivity contribution in [3.8, 4) is 16.9 Å². The minimum absolute atomic E-state index is 0.222. The predicted octanol–water partition coefficient (Wildman–Crippen LogP) is 5.01. The summed E-state index contributed by atoms with van der Waals surface area (Å²) < 4.78 is 3.44. The Labute approximate surface area is 211 Å². The molecule has 1 aliphatic heterocycles. The smallest absolute Gasteiger partial charge is 0.198 e. The number of likely N-dealkylation sites (tertiary alicyclic amines) is 1. The molecule has 4 rings (SSSR count). The maximum absolute atomic E-state index is 9.88. The van der Waals surface area contributed by atoms with Crippen LogP contribution in [-0.4, -0.2) is 42.1 Å². The number of nitrogens with one attached hydrogen (secondary N) is 2. The number of benzene rings is 3. The van der Waals surface area contributed by atoms with Crippen molar-refractivity contribution in [1.29, 1.82) is 0 Å². The van der Waals surface area contributed by atoms with Gasteiger partial charge < -0.3 is 26.8 Å². The standard InChI is InChI=1S/C27H34N6OS/c1-18-5-8-22(34)17-24(18)20-15-19(2)26(25(28)16-20)32-27(29)31-21-6-9-23(10-7-21)35-30-11-14-33-12-3-4-13-33/h5-10,15-17,30,34H,3-4,11-14,28H2,1-2H3,(H3,29,31,32). The first-order chi connectivity index (χ1) is 16.9. The Kier molecular flexibility index (Phi) is 8.17. The van der Waals surface area contributed by atoms with Crippen LogP contribution in [0.3, 0.4) is 0 Å². The number of anilines is 2. The molecule has 0 radical (unpaired) electrons. The number of nitrogens with zero attached hydrogens (tertiary/aromatic N) is 2. The first-order valence-electron chi connectivity index (χ1n) is 11.9. The van der Waals surface area contributed by atoms with Crippen LogP contribution in [0, 0.1) is 13.8 Å². The quantitative estimate of drug-likeness (QED) is 0.0992. The molecule has 184 valence electrons. The third kappa shape index (κ3) is 6.69. The number of nitrogen functional groups attached to an aromatic ring is 1. The molecular formula is C27H34N6OS. The van der Waals surface area contributed by atoms with Gasteiger partial charge in [-0.15, -0.1) is 0 Å². The number of guanidine groups is 1. The van der Waals surface area contributed by atoms with E-state index in [0.29, 0.717) is 11.4 Å². The highest BCUT2D eigenvalue weighted by Crippen LogP contribution is 2.35. The van der Waals surface area contributed by atoms with Gasteiger partial charge in [0.2, 0.25) is 0 Å². The van der Waals surface area contributed by atoms with E-state index < -0.39 is 0 Å². The fraction of sp³-hybridized carbons (Fsp3) is 0.296. The van der Waals surface area contributed by atoms with Crippen molar-refractivity contribution in [3.05, 3.63) is 65.7 Å². The van der Waals surface area contributed by atoms with E-state index in [2.05, 4.69) is 32.1 Å². The molecule has 1 aliphatic rings. The fourth-order valence-electron chi connectivity index (χ4n) is 4.28. The molecule has 3 aromatic carbocycles. The number of hydrogen-bond donors (Lipinski definition) is 5. The molecule has 1 fully saturated rings. The summed E-state index contributed by atoms with van der Waals surface area (Å²) >= 11 is 1.64. The largest absolute Gasteiger partial charge is 0.508 e. The molecule has 0 aliphatic carbocycles. The van der Waals surface area contributed by atoms with Gasteiger partial charge in [-0.25, -0.2) is 4.99 Å². The monoisotopic (exact) mass is 490 g/mol. The van der Waals surface area contributed by atoms with Gasteiger partial charge in [-0.1, -0.05) is 6.07 Å². The van der Waals surface area contributed by atoms with E-state index in [1.165, 1.54) is 25.9 Å². The summed E-state index contributed by atoms with van der Waals surface area (Å²) in [7, 11) is 0. The van der Waals surface area contributed by atoms with Gasteiger partial charge in [0, 0.05) is 23.7 Å². The van der Waals surface area contributed by atoms with Crippen molar-refractivity contribution in [2.45, 2.75) is 31.6 Å². The minimum Gasteiger partial charge on any atom is -0.508 e. The average molecular weight is 491 g/mol. The van der Waals surface area contributed by atoms with Crippen LogP contribution < -0.4 is 21.5 Å². The van der Waals surface area contributed by atoms with E-state index in [0.717, 1.165) is 45.9 Å². The lowest BCUT2D eigenvalue weighted by atomic mass is 9.97. The van der Waals surface area contributed by atoms with E-state index in [9.17, 15) is 5.11 Å². The molecular weight excluding hydrogens is 456 g/mol. The van der Waals surface area contributed by atoms with Gasteiger partial charge in [0.1, 0.15) is 5.75 Å². The number of hydrogen-bond acceptors (Lipinski definition) is 6. The molecule has 1 heterocycles.